The molecule has 0 saturated carbocycles. The van der Waals surface area contributed by atoms with Gasteiger partial charge in [0.15, 0.2) is 0 Å². The average molecular weight is 410 g/mol. The van der Waals surface area contributed by atoms with Crippen LogP contribution in [0.15, 0.2) is 73.3 Å². The molecule has 0 atom stereocenters. The monoisotopic (exact) mass is 412 g/mol. The van der Waals surface area contributed by atoms with E-state index in [1.54, 1.807) is 0 Å². The molecule has 0 aliphatic heterocycles. The van der Waals surface area contributed by atoms with E-state index in [0.29, 0.717) is 0 Å². The summed E-state index contributed by atoms with van der Waals surface area (Å²) in [4.78, 5) is 0. The number of benzene rings is 2. The van der Waals surface area contributed by atoms with Crippen LogP contribution >= 0.6 is 0 Å². The van der Waals surface area contributed by atoms with E-state index in [1.807, 2.05) is 0 Å². The maximum atomic E-state index is 9.75. The van der Waals surface area contributed by atoms with Crippen LogP contribution in [-0.4, -0.2) is 26.8 Å². The molecule has 0 radical (unpaired) electrons. The fraction of sp³-hybridized carbons (Fsp3) is 0.0667. The van der Waals surface area contributed by atoms with Gasteiger partial charge in [0.05, 0.1) is 0 Å². The Bertz CT molecular complexity index is 483. The van der Waals surface area contributed by atoms with E-state index in [9.17, 15) is 17.3 Å². The van der Waals surface area contributed by atoms with Crippen LogP contribution in [0.4, 0.5) is 17.3 Å². The van der Waals surface area contributed by atoms with Gasteiger partial charge in [-0.3, -0.25) is 0 Å². The van der Waals surface area contributed by atoms with E-state index in [4.69, 9.17) is 0 Å². The van der Waals surface area contributed by atoms with Crippen LogP contribution in [0.1, 0.15) is 0 Å². The van der Waals surface area contributed by atoms with Crippen molar-refractivity contribution in [3.05, 3.63) is 73.3 Å². The van der Waals surface area contributed by atoms with Crippen molar-refractivity contribution in [1.29, 1.82) is 0 Å². The average Bonchev–Trinajstić information content (AvgIpc) is 2.45. The summed E-state index contributed by atoms with van der Waals surface area (Å²) in [5.74, 6) is 0. The molecule has 2 aromatic rings. The summed E-state index contributed by atoms with van der Waals surface area (Å²) in [6.45, 7) is 3.89. The molecule has 0 fully saturated rings. The van der Waals surface area contributed by atoms with Crippen LogP contribution < -0.4 is 7.22 Å². The van der Waals surface area contributed by atoms with Crippen molar-refractivity contribution in [3.63, 3.8) is 0 Å². The zero-order valence-corrected chi connectivity index (χ0v) is 13.6. The molecule has 0 spiro atoms. The zero-order chi connectivity index (χ0) is 15.7. The molecule has 0 unspecified atom stereocenters. The Morgan fingerprint density at radius 1 is 0.810 bits per heavy atom. The van der Waals surface area contributed by atoms with Gasteiger partial charge in [-0.25, -0.2) is 0 Å². The van der Waals surface area contributed by atoms with Crippen molar-refractivity contribution in [2.45, 2.75) is 4.47 Å². The molecule has 0 nitrogen and oxygen atoms in total. The summed E-state index contributed by atoms with van der Waals surface area (Å²) in [7, 11) is -6.00. The third kappa shape index (κ3) is 7.94. The van der Waals surface area contributed by atoms with Gasteiger partial charge in [-0.05, 0) is 0 Å². The summed E-state index contributed by atoms with van der Waals surface area (Å²) >= 11 is -1.40. The molecule has 0 aromatic heterocycles. The van der Waals surface area contributed by atoms with Crippen LogP contribution in [-0.2, 0) is 0 Å². The fourth-order valence-corrected chi connectivity index (χ4v) is 6.94. The maximum absolute atomic E-state index is 9.75. The fourth-order valence-electron chi connectivity index (χ4n) is 1.62. The minimum atomic E-state index is -6.00. The van der Waals surface area contributed by atoms with E-state index in [2.05, 4.69) is 73.3 Å². The number of halogens is 4. The van der Waals surface area contributed by atoms with Crippen LogP contribution in [0, 0.1) is 0 Å². The molecule has 2 rings (SSSR count). The number of rotatable bonds is 4. The molecule has 0 N–H and O–H groups in total. The second-order valence-corrected chi connectivity index (χ2v) is 9.84. The van der Waals surface area contributed by atoms with Gasteiger partial charge >= 0.3 is 112 Å². The van der Waals surface area contributed by atoms with Gasteiger partial charge in [0.2, 0.25) is 0 Å². The van der Waals surface area contributed by atoms with E-state index < -0.39 is 26.8 Å². The molecule has 0 heterocycles. The first kappa shape index (κ1) is 17.8. The minimum Gasteiger partial charge on any atom is -0.418 e. The van der Waals surface area contributed by atoms with Gasteiger partial charge in [0.25, 0.3) is 0 Å². The molecule has 0 amide bonds. The van der Waals surface area contributed by atoms with Gasteiger partial charge in [0.1, 0.15) is 0 Å². The van der Waals surface area contributed by atoms with Crippen LogP contribution in [0.2, 0.25) is 4.47 Å². The first-order valence-electron chi connectivity index (χ1n) is 6.21. The Morgan fingerprint density at radius 3 is 1.43 bits per heavy atom. The summed E-state index contributed by atoms with van der Waals surface area (Å²) in [5, 5.41) is 0. The molecule has 0 aliphatic rings. The molecule has 0 bridgehead atoms. The third-order valence-electron chi connectivity index (χ3n) is 2.34. The van der Waals surface area contributed by atoms with Gasteiger partial charge in [-0.15, -0.1) is 0 Å². The molecule has 0 saturated heterocycles. The summed E-state index contributed by atoms with van der Waals surface area (Å²) in [6.07, 6.45) is 2.07. The molecule has 112 valence electrons. The third-order valence-corrected chi connectivity index (χ3v) is 8.77. The van der Waals surface area contributed by atoms with Gasteiger partial charge in [-0.2, -0.15) is 0 Å². The first-order chi connectivity index (χ1) is 9.92. The topological polar surface area (TPSA) is 0 Å². The number of hydrogen-bond donors (Lipinski definition) is 0. The van der Waals surface area contributed by atoms with Crippen LogP contribution in [0.5, 0.6) is 0 Å². The molecule has 6 heteroatoms. The van der Waals surface area contributed by atoms with Crippen LogP contribution in [0.25, 0.3) is 0 Å². The minimum absolute atomic E-state index is 1.15. The molecule has 2 aromatic carbocycles. The van der Waals surface area contributed by atoms with E-state index in [1.165, 1.54) is 7.22 Å². The van der Waals surface area contributed by atoms with Crippen molar-refractivity contribution in [3.8, 4) is 0 Å². The largest absolute Gasteiger partial charge is 0.673 e. The normalized spacial score (nSPS) is 10.7. The zero-order valence-electron chi connectivity index (χ0n) is 11.3. The Labute approximate surface area is 129 Å². The summed E-state index contributed by atoms with van der Waals surface area (Å²) in [5.41, 5.74) is 0. The Kier molecular flexibility index (Phi) is 7.56. The van der Waals surface area contributed by atoms with Crippen molar-refractivity contribution < 1.29 is 17.3 Å². The van der Waals surface area contributed by atoms with Crippen molar-refractivity contribution in [1.82, 2.24) is 0 Å². The SMILES string of the molecule is C=CC[Te+](c1ccccc1)c1ccccc1.F[B-](F)(F)F. The molecular formula is C15H15BF4Te. The summed E-state index contributed by atoms with van der Waals surface area (Å²) in [6, 6.07) is 21.7. The van der Waals surface area contributed by atoms with Crippen LogP contribution in [0.3, 0.4) is 0 Å². The van der Waals surface area contributed by atoms with Crippen molar-refractivity contribution >= 4 is 34.0 Å². The van der Waals surface area contributed by atoms with E-state index in [0.717, 1.165) is 4.47 Å². The first-order valence-corrected chi connectivity index (χ1v) is 10.2. The predicted molar refractivity (Wildman–Crippen MR) is 83.1 cm³/mol. The Balaban J connectivity index is 0.000000383. The van der Waals surface area contributed by atoms with E-state index >= 15 is 0 Å². The second kappa shape index (κ2) is 8.91. The van der Waals surface area contributed by atoms with Gasteiger partial charge < -0.3 is 17.3 Å². The van der Waals surface area contributed by atoms with Crippen molar-refractivity contribution in [2.75, 3.05) is 0 Å². The number of hydrogen-bond acceptors (Lipinski definition) is 0. The molecular weight excluding hydrogens is 395 g/mol. The van der Waals surface area contributed by atoms with Gasteiger partial charge in [-0.1, -0.05) is 0 Å². The molecule has 21 heavy (non-hydrogen) atoms. The quantitative estimate of drug-likeness (QED) is 0.410. The predicted octanol–water partition coefficient (Wildman–Crippen LogP) is 3.78. The van der Waals surface area contributed by atoms with E-state index in [-0.39, 0.29) is 0 Å². The number of allylic oxidation sites excluding steroid dienone is 1. The Hall–Kier alpha value is -1.25. The smallest absolute Gasteiger partial charge is 0.418 e. The second-order valence-electron chi connectivity index (χ2n) is 3.97. The van der Waals surface area contributed by atoms with Crippen molar-refractivity contribution in [2.24, 2.45) is 0 Å². The standard InChI is InChI=1S/C15H15Te.BF4/c1-2-13-16(14-9-5-3-6-10-14)15-11-7-4-8-12-15;2-1(3,4)5/h2-12H,1,13H2;/q+1;-1. The van der Waals surface area contributed by atoms with Gasteiger partial charge in [0, 0.05) is 0 Å². The maximum Gasteiger partial charge on any atom is 0.673 e. The Morgan fingerprint density at radius 2 is 1.14 bits per heavy atom. The summed E-state index contributed by atoms with van der Waals surface area (Å²) < 4.78 is 43.2. The molecule has 0 aliphatic carbocycles.